The van der Waals surface area contributed by atoms with E-state index in [9.17, 15) is 4.79 Å². The van der Waals surface area contributed by atoms with Crippen molar-refractivity contribution in [1.29, 1.82) is 0 Å². The third kappa shape index (κ3) is 3.56. The van der Waals surface area contributed by atoms with Gasteiger partial charge in [0.05, 0.1) is 12.2 Å². The molecular weight excluding hydrogens is 216 g/mol. The van der Waals surface area contributed by atoms with E-state index in [1.165, 1.54) is 12.8 Å². The van der Waals surface area contributed by atoms with Gasteiger partial charge in [0.15, 0.2) is 12.6 Å². The van der Waals surface area contributed by atoms with E-state index in [1.807, 2.05) is 19.1 Å². The Balaban J connectivity index is 1.92. The van der Waals surface area contributed by atoms with Crippen LogP contribution >= 0.6 is 0 Å². The molecule has 1 aromatic carbocycles. The zero-order chi connectivity index (χ0) is 12.3. The molecule has 0 bridgehead atoms. The number of aryl methyl sites for hydroxylation is 1. The van der Waals surface area contributed by atoms with Crippen LogP contribution in [0.15, 0.2) is 18.2 Å². The van der Waals surface area contributed by atoms with Crippen LogP contribution in [0, 0.1) is 12.8 Å². The van der Waals surface area contributed by atoms with E-state index < -0.39 is 0 Å². The van der Waals surface area contributed by atoms with Crippen molar-refractivity contribution in [2.45, 2.75) is 26.7 Å². The van der Waals surface area contributed by atoms with Crippen LogP contribution in [0.25, 0.3) is 0 Å². The number of ether oxygens (including phenoxy) is 2. The molecule has 0 amide bonds. The second kappa shape index (κ2) is 5.32. The molecule has 1 fully saturated rings. The first kappa shape index (κ1) is 12.1. The van der Waals surface area contributed by atoms with Crippen molar-refractivity contribution in [3.8, 4) is 5.75 Å². The molecule has 0 unspecified atom stereocenters. The first-order valence-corrected chi connectivity index (χ1v) is 5.99. The average Bonchev–Trinajstić information content (AvgIpc) is 3.08. The Morgan fingerprint density at radius 1 is 1.41 bits per heavy atom. The van der Waals surface area contributed by atoms with Crippen LogP contribution < -0.4 is 4.74 Å². The topological polar surface area (TPSA) is 35.5 Å². The predicted octanol–water partition coefficient (Wildman–Crippen LogP) is 2.96. The molecule has 1 saturated carbocycles. The first-order chi connectivity index (χ1) is 8.16. The molecule has 2 rings (SSSR count). The van der Waals surface area contributed by atoms with Crippen LogP contribution in [0.4, 0.5) is 0 Å². The van der Waals surface area contributed by atoms with Crippen molar-refractivity contribution in [3.63, 3.8) is 0 Å². The molecule has 3 heteroatoms. The molecule has 1 aliphatic rings. The average molecular weight is 234 g/mol. The van der Waals surface area contributed by atoms with E-state index in [1.54, 1.807) is 13.0 Å². The van der Waals surface area contributed by atoms with Crippen molar-refractivity contribution < 1.29 is 14.3 Å². The van der Waals surface area contributed by atoms with Gasteiger partial charge in [0.1, 0.15) is 5.75 Å². The van der Waals surface area contributed by atoms with Crippen molar-refractivity contribution in [2.75, 3.05) is 13.4 Å². The van der Waals surface area contributed by atoms with Gasteiger partial charge in [-0.1, -0.05) is 6.07 Å². The summed E-state index contributed by atoms with van der Waals surface area (Å²) in [7, 11) is 0. The van der Waals surface area contributed by atoms with Gasteiger partial charge in [-0.3, -0.25) is 4.79 Å². The van der Waals surface area contributed by atoms with E-state index in [2.05, 4.69) is 0 Å². The minimum atomic E-state index is 0.0159. The molecule has 0 spiro atoms. The summed E-state index contributed by atoms with van der Waals surface area (Å²) in [5.74, 6) is 1.36. The van der Waals surface area contributed by atoms with Crippen LogP contribution in [-0.2, 0) is 4.74 Å². The molecule has 0 saturated heterocycles. The number of carbonyl (C=O) groups excluding carboxylic acids is 1. The lowest BCUT2D eigenvalue weighted by Gasteiger charge is -2.10. The van der Waals surface area contributed by atoms with Gasteiger partial charge in [-0.2, -0.15) is 0 Å². The van der Waals surface area contributed by atoms with Gasteiger partial charge in [0, 0.05) is 0 Å². The maximum absolute atomic E-state index is 11.4. The van der Waals surface area contributed by atoms with Crippen LogP contribution in [0.2, 0.25) is 0 Å². The lowest BCUT2D eigenvalue weighted by atomic mass is 10.1. The van der Waals surface area contributed by atoms with Crippen molar-refractivity contribution in [2.24, 2.45) is 5.92 Å². The maximum Gasteiger partial charge on any atom is 0.189 e. The van der Waals surface area contributed by atoms with Crippen molar-refractivity contribution in [3.05, 3.63) is 29.3 Å². The van der Waals surface area contributed by atoms with Gasteiger partial charge < -0.3 is 9.47 Å². The fraction of sp³-hybridized carbons (Fsp3) is 0.500. The zero-order valence-corrected chi connectivity index (χ0v) is 10.4. The summed E-state index contributed by atoms with van der Waals surface area (Å²) >= 11 is 0. The molecule has 0 heterocycles. The van der Waals surface area contributed by atoms with E-state index in [4.69, 9.17) is 9.47 Å². The molecule has 0 aromatic heterocycles. The lowest BCUT2D eigenvalue weighted by molar-refractivity contribution is 0.00958. The highest BCUT2D eigenvalue weighted by Gasteiger charge is 2.21. The fourth-order valence-electron chi connectivity index (χ4n) is 1.64. The Bertz CT molecular complexity index is 408. The Labute approximate surface area is 102 Å². The predicted molar refractivity (Wildman–Crippen MR) is 65.4 cm³/mol. The number of benzene rings is 1. The highest BCUT2D eigenvalue weighted by molar-refractivity contribution is 5.96. The second-order valence-electron chi connectivity index (χ2n) is 4.63. The number of Topliss-reactive ketones (excluding diaryl/α,β-unsaturated/α-hetero) is 1. The van der Waals surface area contributed by atoms with E-state index >= 15 is 0 Å². The SMILES string of the molecule is CC(=O)c1ccc(C)cc1OCOCC1CC1. The van der Waals surface area contributed by atoms with Gasteiger partial charge in [-0.15, -0.1) is 0 Å². The van der Waals surface area contributed by atoms with Gasteiger partial charge in [0.2, 0.25) is 0 Å². The van der Waals surface area contributed by atoms with Gasteiger partial charge in [-0.25, -0.2) is 0 Å². The summed E-state index contributed by atoms with van der Waals surface area (Å²) in [6.07, 6.45) is 2.53. The van der Waals surface area contributed by atoms with Crippen LogP contribution in [0.3, 0.4) is 0 Å². The third-order valence-corrected chi connectivity index (χ3v) is 2.86. The van der Waals surface area contributed by atoms with Gasteiger partial charge >= 0.3 is 0 Å². The second-order valence-corrected chi connectivity index (χ2v) is 4.63. The fourth-order valence-corrected chi connectivity index (χ4v) is 1.64. The molecule has 0 aliphatic heterocycles. The minimum absolute atomic E-state index is 0.0159. The molecule has 92 valence electrons. The largest absolute Gasteiger partial charge is 0.467 e. The van der Waals surface area contributed by atoms with E-state index in [-0.39, 0.29) is 12.6 Å². The molecule has 3 nitrogen and oxygen atoms in total. The number of hydrogen-bond donors (Lipinski definition) is 0. The number of ketones is 1. The van der Waals surface area contributed by atoms with E-state index in [0.29, 0.717) is 11.3 Å². The molecule has 0 atom stereocenters. The standard InChI is InChI=1S/C14H18O3/c1-10-3-6-13(11(2)15)14(7-10)17-9-16-8-12-4-5-12/h3,6-7,12H,4-5,8-9H2,1-2H3. The summed E-state index contributed by atoms with van der Waals surface area (Å²) in [5.41, 5.74) is 1.69. The molecule has 1 aliphatic carbocycles. The van der Waals surface area contributed by atoms with Crippen LogP contribution in [-0.4, -0.2) is 19.2 Å². The highest BCUT2D eigenvalue weighted by atomic mass is 16.7. The van der Waals surface area contributed by atoms with Gasteiger partial charge in [-0.05, 0) is 50.3 Å². The van der Waals surface area contributed by atoms with Crippen LogP contribution in [0.5, 0.6) is 5.75 Å². The molecule has 0 N–H and O–H groups in total. The summed E-state index contributed by atoms with van der Waals surface area (Å²) in [5, 5.41) is 0. The Kier molecular flexibility index (Phi) is 3.79. The summed E-state index contributed by atoms with van der Waals surface area (Å²) in [6.45, 7) is 4.51. The lowest BCUT2D eigenvalue weighted by Crippen LogP contribution is -2.08. The normalized spacial score (nSPS) is 14.7. The Morgan fingerprint density at radius 2 is 2.18 bits per heavy atom. The minimum Gasteiger partial charge on any atom is -0.467 e. The molecular formula is C14H18O3. The number of rotatable bonds is 6. The highest BCUT2D eigenvalue weighted by Crippen LogP contribution is 2.29. The first-order valence-electron chi connectivity index (χ1n) is 5.99. The number of hydrogen-bond acceptors (Lipinski definition) is 3. The van der Waals surface area contributed by atoms with Crippen LogP contribution in [0.1, 0.15) is 35.7 Å². The summed E-state index contributed by atoms with van der Waals surface area (Å²) in [6, 6.07) is 5.58. The number of carbonyl (C=O) groups is 1. The smallest absolute Gasteiger partial charge is 0.189 e. The summed E-state index contributed by atoms with van der Waals surface area (Å²) in [4.78, 5) is 11.4. The molecule has 17 heavy (non-hydrogen) atoms. The third-order valence-electron chi connectivity index (χ3n) is 2.86. The van der Waals surface area contributed by atoms with E-state index in [0.717, 1.165) is 18.1 Å². The monoisotopic (exact) mass is 234 g/mol. The molecule has 0 radical (unpaired) electrons. The van der Waals surface area contributed by atoms with Crippen molar-refractivity contribution >= 4 is 5.78 Å². The summed E-state index contributed by atoms with van der Waals surface area (Å²) < 4.78 is 10.9. The zero-order valence-electron chi connectivity index (χ0n) is 10.4. The maximum atomic E-state index is 11.4. The quantitative estimate of drug-likeness (QED) is 0.431. The Morgan fingerprint density at radius 3 is 2.82 bits per heavy atom. The van der Waals surface area contributed by atoms with Gasteiger partial charge in [0.25, 0.3) is 0 Å². The molecule has 1 aromatic rings. The Hall–Kier alpha value is -1.35. The van der Waals surface area contributed by atoms with Crippen molar-refractivity contribution in [1.82, 2.24) is 0 Å².